The van der Waals surface area contributed by atoms with Crippen LogP contribution in [0.3, 0.4) is 0 Å². The van der Waals surface area contributed by atoms with Crippen LogP contribution in [0.4, 0.5) is 10.5 Å². The number of morpholine rings is 1. The van der Waals surface area contributed by atoms with Gasteiger partial charge in [-0.1, -0.05) is 12.1 Å². The molecule has 9 nitrogen and oxygen atoms in total. The van der Waals surface area contributed by atoms with E-state index in [1.54, 1.807) is 24.3 Å². The van der Waals surface area contributed by atoms with Crippen LogP contribution in [0.1, 0.15) is 6.92 Å². The molecule has 4 rings (SSSR count). The summed E-state index contributed by atoms with van der Waals surface area (Å²) in [5.41, 5.74) is 4.11. The first-order chi connectivity index (χ1) is 15.5. The van der Waals surface area contributed by atoms with Crippen molar-refractivity contribution in [3.05, 3.63) is 42.7 Å². The average Bonchev–Trinajstić information content (AvgIpc) is 2.83. The highest BCUT2D eigenvalue weighted by Gasteiger charge is 2.30. The molecule has 168 valence electrons. The van der Waals surface area contributed by atoms with Gasteiger partial charge in [-0.3, -0.25) is 4.98 Å². The Bertz CT molecular complexity index is 1090. The lowest BCUT2D eigenvalue weighted by Crippen LogP contribution is -2.52. The lowest BCUT2D eigenvalue weighted by Gasteiger charge is -2.35. The summed E-state index contributed by atoms with van der Waals surface area (Å²) in [6.07, 6.45) is 2.65. The number of hydrogen-bond acceptors (Lipinski definition) is 7. The minimum Gasteiger partial charge on any atom is -0.470 e. The smallest absolute Gasteiger partial charge is 0.317 e. The maximum atomic E-state index is 12.0. The van der Waals surface area contributed by atoms with Crippen molar-refractivity contribution in [1.29, 1.82) is 0 Å². The highest BCUT2D eigenvalue weighted by molar-refractivity contribution is 5.83. The van der Waals surface area contributed by atoms with Gasteiger partial charge in [0.25, 0.3) is 0 Å². The molecular formula is C23H28N6O3. The third-order valence-electron chi connectivity index (χ3n) is 5.52. The Kier molecular flexibility index (Phi) is 6.36. The summed E-state index contributed by atoms with van der Waals surface area (Å²) in [5, 5.41) is 2.66. The van der Waals surface area contributed by atoms with Gasteiger partial charge in [0.2, 0.25) is 5.88 Å². The minimum absolute atomic E-state index is 0.122. The van der Waals surface area contributed by atoms with E-state index in [0.29, 0.717) is 36.6 Å². The summed E-state index contributed by atoms with van der Waals surface area (Å²) in [4.78, 5) is 29.4. The normalized spacial score (nSPS) is 17.1. The molecule has 1 unspecified atom stereocenters. The Labute approximate surface area is 187 Å². The number of pyridine rings is 1. The van der Waals surface area contributed by atoms with Gasteiger partial charge in [0.1, 0.15) is 12.2 Å². The van der Waals surface area contributed by atoms with Crippen LogP contribution in [0.5, 0.6) is 5.88 Å². The second-order valence-electron chi connectivity index (χ2n) is 7.91. The van der Waals surface area contributed by atoms with Crippen molar-refractivity contribution >= 4 is 22.8 Å². The number of benzene rings is 1. The number of amides is 2. The maximum Gasteiger partial charge on any atom is 0.317 e. The molecule has 1 N–H and O–H groups in total. The largest absolute Gasteiger partial charge is 0.470 e. The van der Waals surface area contributed by atoms with Gasteiger partial charge in [0.15, 0.2) is 5.52 Å². The molecule has 1 saturated heterocycles. The standard InChI is InChI=1S/C23H28N6O3/c1-15(20-14-29(11-12-31-20)23(30)24-2)32-22-21-19(25-9-10-26-21)13-18(27-22)16-5-7-17(8-6-16)28(3)4/h5-10,13,15,20H,11-12,14H2,1-4H3,(H,24,30)/t15?,20-/m1/s1. The van der Waals surface area contributed by atoms with E-state index in [9.17, 15) is 4.79 Å². The molecule has 32 heavy (non-hydrogen) atoms. The number of nitrogens with zero attached hydrogens (tertiary/aromatic N) is 5. The van der Waals surface area contributed by atoms with E-state index in [0.717, 1.165) is 16.9 Å². The molecule has 2 amide bonds. The van der Waals surface area contributed by atoms with Crippen molar-refractivity contribution in [3.8, 4) is 17.1 Å². The first kappa shape index (κ1) is 21.8. The number of carbonyl (C=O) groups excluding carboxylic acids is 1. The zero-order chi connectivity index (χ0) is 22.7. The second-order valence-corrected chi connectivity index (χ2v) is 7.91. The van der Waals surface area contributed by atoms with Crippen LogP contribution in [-0.4, -0.2) is 78.9 Å². The monoisotopic (exact) mass is 436 g/mol. The number of hydrogen-bond donors (Lipinski definition) is 1. The van der Waals surface area contributed by atoms with Crippen LogP contribution >= 0.6 is 0 Å². The van der Waals surface area contributed by atoms with Gasteiger partial charge in [-0.05, 0) is 25.1 Å². The zero-order valence-electron chi connectivity index (χ0n) is 18.8. The first-order valence-corrected chi connectivity index (χ1v) is 10.6. The number of ether oxygens (including phenoxy) is 2. The Morgan fingerprint density at radius 1 is 1.25 bits per heavy atom. The highest BCUT2D eigenvalue weighted by Crippen LogP contribution is 2.29. The van der Waals surface area contributed by atoms with E-state index >= 15 is 0 Å². The summed E-state index contributed by atoms with van der Waals surface area (Å²) in [5.74, 6) is 0.399. The molecule has 0 aliphatic carbocycles. The van der Waals surface area contributed by atoms with Gasteiger partial charge in [-0.15, -0.1) is 0 Å². The fraction of sp³-hybridized carbons (Fsp3) is 0.391. The lowest BCUT2D eigenvalue weighted by atomic mass is 10.1. The van der Waals surface area contributed by atoms with Crippen LogP contribution in [0.15, 0.2) is 42.7 Å². The second kappa shape index (κ2) is 9.35. The quantitative estimate of drug-likeness (QED) is 0.657. The molecule has 3 heterocycles. The van der Waals surface area contributed by atoms with E-state index in [-0.39, 0.29) is 18.2 Å². The SMILES string of the molecule is CNC(=O)N1CCO[C@@H](C(C)Oc2nc(-c3ccc(N(C)C)cc3)cc3nccnc23)C1. The van der Waals surface area contributed by atoms with Crippen molar-refractivity contribution in [3.63, 3.8) is 0 Å². The Balaban J connectivity index is 1.62. The molecule has 1 aliphatic rings. The van der Waals surface area contributed by atoms with E-state index in [4.69, 9.17) is 14.5 Å². The van der Waals surface area contributed by atoms with Gasteiger partial charge in [-0.2, -0.15) is 0 Å². The Hall–Kier alpha value is -3.46. The topological polar surface area (TPSA) is 92.7 Å². The summed E-state index contributed by atoms with van der Waals surface area (Å²) < 4.78 is 12.1. The number of anilines is 1. The fourth-order valence-electron chi connectivity index (χ4n) is 3.66. The predicted octanol–water partition coefficient (Wildman–Crippen LogP) is 2.57. The molecule has 2 aromatic heterocycles. The van der Waals surface area contributed by atoms with Crippen molar-refractivity contribution in [2.45, 2.75) is 19.1 Å². The van der Waals surface area contributed by atoms with Crippen LogP contribution in [-0.2, 0) is 4.74 Å². The number of carbonyl (C=O) groups is 1. The average molecular weight is 437 g/mol. The van der Waals surface area contributed by atoms with Crippen molar-refractivity contribution in [1.82, 2.24) is 25.2 Å². The van der Waals surface area contributed by atoms with E-state index in [2.05, 4.69) is 15.3 Å². The molecule has 0 radical (unpaired) electrons. The molecule has 3 aromatic rings. The van der Waals surface area contributed by atoms with Gasteiger partial charge >= 0.3 is 6.03 Å². The maximum absolute atomic E-state index is 12.0. The number of nitrogens with one attached hydrogen (secondary N) is 1. The number of aromatic nitrogens is 3. The number of fused-ring (bicyclic) bond motifs is 1. The van der Waals surface area contributed by atoms with Gasteiger partial charge in [0.05, 0.1) is 24.4 Å². The third-order valence-corrected chi connectivity index (χ3v) is 5.52. The summed E-state index contributed by atoms with van der Waals surface area (Å²) in [6, 6.07) is 9.93. The molecule has 1 aromatic carbocycles. The van der Waals surface area contributed by atoms with Crippen molar-refractivity contribution in [2.24, 2.45) is 0 Å². The molecule has 1 fully saturated rings. The first-order valence-electron chi connectivity index (χ1n) is 10.6. The van der Waals surface area contributed by atoms with Crippen molar-refractivity contribution < 1.29 is 14.3 Å². The predicted molar refractivity (Wildman–Crippen MR) is 123 cm³/mol. The van der Waals surface area contributed by atoms with Crippen LogP contribution in [0, 0.1) is 0 Å². The fourth-order valence-corrected chi connectivity index (χ4v) is 3.66. The zero-order valence-corrected chi connectivity index (χ0v) is 18.8. The summed E-state index contributed by atoms with van der Waals surface area (Å²) in [6.45, 7) is 3.36. The van der Waals surface area contributed by atoms with Gasteiger partial charge < -0.3 is 24.6 Å². The van der Waals surface area contributed by atoms with E-state index in [1.807, 2.05) is 56.3 Å². The molecule has 9 heteroatoms. The molecule has 1 aliphatic heterocycles. The van der Waals surface area contributed by atoms with Crippen LogP contribution in [0.2, 0.25) is 0 Å². The number of urea groups is 1. The molecule has 2 atom stereocenters. The molecular weight excluding hydrogens is 408 g/mol. The highest BCUT2D eigenvalue weighted by atomic mass is 16.5. The summed E-state index contributed by atoms with van der Waals surface area (Å²) >= 11 is 0. The van der Waals surface area contributed by atoms with E-state index < -0.39 is 0 Å². The Morgan fingerprint density at radius 2 is 2.00 bits per heavy atom. The molecule has 0 saturated carbocycles. The molecule has 0 bridgehead atoms. The lowest BCUT2D eigenvalue weighted by molar-refractivity contribution is -0.0646. The van der Waals surface area contributed by atoms with Gasteiger partial charge in [0, 0.05) is 51.3 Å². The van der Waals surface area contributed by atoms with Crippen LogP contribution in [0.25, 0.3) is 22.3 Å². The van der Waals surface area contributed by atoms with Crippen molar-refractivity contribution in [2.75, 3.05) is 45.7 Å². The van der Waals surface area contributed by atoms with E-state index in [1.165, 1.54) is 0 Å². The van der Waals surface area contributed by atoms with Crippen LogP contribution < -0.4 is 15.0 Å². The summed E-state index contributed by atoms with van der Waals surface area (Å²) in [7, 11) is 5.63. The minimum atomic E-state index is -0.341. The third kappa shape index (κ3) is 4.57. The Morgan fingerprint density at radius 3 is 2.72 bits per heavy atom. The number of rotatable bonds is 5. The van der Waals surface area contributed by atoms with Gasteiger partial charge in [-0.25, -0.2) is 14.8 Å². The molecule has 0 spiro atoms.